The molecule has 1 saturated heterocycles. The molecule has 0 atom stereocenters. The van der Waals surface area contributed by atoms with E-state index in [1.165, 1.54) is 12.3 Å². The maximum absolute atomic E-state index is 15.4. The lowest BCUT2D eigenvalue weighted by atomic mass is 10.0. The second kappa shape index (κ2) is 7.46. The summed E-state index contributed by atoms with van der Waals surface area (Å²) in [7, 11) is 2.02. The van der Waals surface area contributed by atoms with Crippen molar-refractivity contribution in [3.63, 3.8) is 0 Å². The number of anilines is 1. The van der Waals surface area contributed by atoms with Crippen LogP contribution < -0.4 is 10.3 Å². The molecule has 6 nitrogen and oxygen atoms in total. The number of piperazine rings is 1. The Hall–Kier alpha value is -2.38. The minimum Gasteiger partial charge on any atom is -0.477 e. The van der Waals surface area contributed by atoms with Gasteiger partial charge in [-0.05, 0) is 32.9 Å². The molecular formula is C21H23ClFN3O3. The third-order valence-corrected chi connectivity index (χ3v) is 6.13. The predicted octanol–water partition coefficient (Wildman–Crippen LogP) is 3.53. The van der Waals surface area contributed by atoms with Gasteiger partial charge < -0.3 is 19.5 Å². The molecule has 0 amide bonds. The molecular weight excluding hydrogens is 397 g/mol. The fourth-order valence-electron chi connectivity index (χ4n) is 3.98. The summed E-state index contributed by atoms with van der Waals surface area (Å²) in [5, 5.41) is 9.88. The van der Waals surface area contributed by atoms with Crippen molar-refractivity contribution in [2.45, 2.75) is 25.8 Å². The largest absolute Gasteiger partial charge is 0.477 e. The molecule has 0 bridgehead atoms. The van der Waals surface area contributed by atoms with Crippen LogP contribution in [0.2, 0.25) is 0 Å². The number of carboxylic acids is 1. The minimum atomic E-state index is -1.31. The highest BCUT2D eigenvalue weighted by Gasteiger charge is 2.31. The summed E-state index contributed by atoms with van der Waals surface area (Å²) in [5.74, 6) is -1.87. The van der Waals surface area contributed by atoms with E-state index in [1.54, 1.807) is 17.6 Å². The summed E-state index contributed by atoms with van der Waals surface area (Å²) in [4.78, 5) is 28.6. The monoisotopic (exact) mass is 419 g/mol. The van der Waals surface area contributed by atoms with Crippen LogP contribution in [-0.4, -0.2) is 53.8 Å². The number of hydrogen-bond acceptors (Lipinski definition) is 4. The Balaban J connectivity index is 2.09. The quantitative estimate of drug-likeness (QED) is 0.821. The van der Waals surface area contributed by atoms with Gasteiger partial charge in [-0.15, -0.1) is 0 Å². The molecule has 1 saturated carbocycles. The van der Waals surface area contributed by atoms with Gasteiger partial charge >= 0.3 is 5.97 Å². The van der Waals surface area contributed by atoms with E-state index in [-0.39, 0.29) is 17.0 Å². The van der Waals surface area contributed by atoms with Gasteiger partial charge in [-0.25, -0.2) is 9.18 Å². The first-order valence-corrected chi connectivity index (χ1v) is 10.1. The van der Waals surface area contributed by atoms with Gasteiger partial charge in [0.2, 0.25) is 5.43 Å². The van der Waals surface area contributed by atoms with E-state index in [4.69, 9.17) is 11.6 Å². The summed E-state index contributed by atoms with van der Waals surface area (Å²) in [6, 6.07) is 1.27. The minimum absolute atomic E-state index is 0.0576. The topological polar surface area (TPSA) is 65.8 Å². The number of pyridine rings is 1. The molecule has 1 aliphatic heterocycles. The van der Waals surface area contributed by atoms with Crippen molar-refractivity contribution in [2.75, 3.05) is 38.1 Å². The predicted molar refractivity (Wildman–Crippen MR) is 113 cm³/mol. The number of fused-ring (bicyclic) bond motifs is 1. The molecule has 1 N–H and O–H groups in total. The van der Waals surface area contributed by atoms with Crippen LogP contribution in [0.5, 0.6) is 0 Å². The Morgan fingerprint density at radius 1 is 1.28 bits per heavy atom. The smallest absolute Gasteiger partial charge is 0.341 e. The summed E-state index contributed by atoms with van der Waals surface area (Å²) >= 11 is 6.57. The first-order chi connectivity index (χ1) is 13.8. The van der Waals surface area contributed by atoms with Crippen LogP contribution in [0, 0.1) is 5.82 Å². The van der Waals surface area contributed by atoms with Gasteiger partial charge in [-0.2, -0.15) is 0 Å². The fourth-order valence-corrected chi connectivity index (χ4v) is 4.16. The van der Waals surface area contributed by atoms with Crippen molar-refractivity contribution >= 4 is 39.2 Å². The summed E-state index contributed by atoms with van der Waals surface area (Å²) in [5.41, 5.74) is 0.329. The van der Waals surface area contributed by atoms with Crippen molar-refractivity contribution in [3.8, 4) is 0 Å². The van der Waals surface area contributed by atoms with Crippen molar-refractivity contribution in [3.05, 3.63) is 45.5 Å². The molecule has 154 valence electrons. The molecule has 8 heteroatoms. The van der Waals surface area contributed by atoms with Gasteiger partial charge in [-0.1, -0.05) is 17.7 Å². The lowest BCUT2D eigenvalue weighted by molar-refractivity contribution is 0.0695. The molecule has 29 heavy (non-hydrogen) atoms. The van der Waals surface area contributed by atoms with Crippen molar-refractivity contribution < 1.29 is 14.3 Å². The van der Waals surface area contributed by atoms with E-state index in [2.05, 4.69) is 4.90 Å². The van der Waals surface area contributed by atoms with Crippen molar-refractivity contribution in [1.82, 2.24) is 9.47 Å². The van der Waals surface area contributed by atoms with E-state index >= 15 is 4.39 Å². The first-order valence-electron chi connectivity index (χ1n) is 9.73. The number of rotatable bonds is 4. The number of likely N-dealkylation sites (N-methyl/N-ethyl adjacent to an activating group) is 1. The lowest BCUT2D eigenvalue weighted by Gasteiger charge is -2.35. The molecule has 1 aliphatic carbocycles. The Kier molecular flexibility index (Phi) is 5.12. The number of carbonyl (C=O) groups is 1. The molecule has 2 aromatic rings. The first kappa shape index (κ1) is 19.9. The Labute approximate surface area is 172 Å². The van der Waals surface area contributed by atoms with Gasteiger partial charge in [0, 0.05) is 49.0 Å². The van der Waals surface area contributed by atoms with E-state index in [0.29, 0.717) is 34.9 Å². The average Bonchev–Trinajstić information content (AvgIpc) is 3.53. The van der Waals surface area contributed by atoms with Gasteiger partial charge in [0.25, 0.3) is 0 Å². The number of carboxylic acid groups (broad SMARTS) is 1. The van der Waals surface area contributed by atoms with Crippen molar-refractivity contribution in [1.29, 1.82) is 0 Å². The second-order valence-electron chi connectivity index (χ2n) is 7.72. The summed E-state index contributed by atoms with van der Waals surface area (Å²) in [6.45, 7) is 4.62. The van der Waals surface area contributed by atoms with Crippen LogP contribution in [0.1, 0.15) is 41.7 Å². The van der Waals surface area contributed by atoms with Gasteiger partial charge in [0.1, 0.15) is 11.4 Å². The van der Waals surface area contributed by atoms with Crippen LogP contribution in [0.15, 0.2) is 23.1 Å². The van der Waals surface area contributed by atoms with Gasteiger partial charge in [0.15, 0.2) is 0 Å². The van der Waals surface area contributed by atoms with Gasteiger partial charge in [0.05, 0.1) is 16.6 Å². The highest BCUT2D eigenvalue weighted by molar-refractivity contribution is 6.50. The van der Waals surface area contributed by atoms with E-state index < -0.39 is 17.2 Å². The molecule has 2 heterocycles. The highest BCUT2D eigenvalue weighted by Crippen LogP contribution is 2.43. The summed E-state index contributed by atoms with van der Waals surface area (Å²) < 4.78 is 17.2. The average molecular weight is 420 g/mol. The van der Waals surface area contributed by atoms with Gasteiger partial charge in [-0.3, -0.25) is 4.79 Å². The van der Waals surface area contributed by atoms with Crippen molar-refractivity contribution in [2.24, 2.45) is 0 Å². The summed E-state index contributed by atoms with van der Waals surface area (Å²) in [6.07, 6.45) is 4.83. The molecule has 1 aromatic carbocycles. The van der Waals surface area contributed by atoms with E-state index in [9.17, 15) is 14.7 Å². The standard InChI is InChI=1S/C21H23ClFN3O3/c1-3-15(22)17-18-13(10-16(23)19(17)25-8-6-24(2)7-9-25)20(27)14(21(28)29)11-26(18)12-4-5-12/h3,10-12H,4-9H2,1-2H3,(H,28,29)/b15-3+. The number of benzene rings is 1. The molecule has 2 aliphatic rings. The van der Waals surface area contributed by atoms with Crippen LogP contribution in [-0.2, 0) is 0 Å². The zero-order valence-corrected chi connectivity index (χ0v) is 17.2. The van der Waals surface area contributed by atoms with Crippen LogP contribution in [0.4, 0.5) is 10.1 Å². The molecule has 0 radical (unpaired) electrons. The molecule has 0 unspecified atom stereocenters. The van der Waals surface area contributed by atoms with Crippen LogP contribution in [0.3, 0.4) is 0 Å². The lowest BCUT2D eigenvalue weighted by Crippen LogP contribution is -2.45. The van der Waals surface area contributed by atoms with E-state index in [1.807, 2.05) is 11.9 Å². The number of hydrogen-bond donors (Lipinski definition) is 1. The maximum atomic E-state index is 15.4. The normalized spacial score (nSPS) is 18.5. The van der Waals surface area contributed by atoms with Crippen LogP contribution in [0.25, 0.3) is 15.9 Å². The molecule has 1 aromatic heterocycles. The zero-order chi connectivity index (χ0) is 20.9. The van der Waals surface area contributed by atoms with Crippen LogP contribution >= 0.6 is 11.6 Å². The zero-order valence-electron chi connectivity index (χ0n) is 16.4. The SMILES string of the molecule is C/C=C(/Cl)c1c(N2CCN(C)CC2)c(F)cc2c(=O)c(C(=O)O)cn(C3CC3)c12. The highest BCUT2D eigenvalue weighted by atomic mass is 35.5. The number of halogens is 2. The number of nitrogens with zero attached hydrogens (tertiary/aromatic N) is 3. The Morgan fingerprint density at radius 2 is 1.93 bits per heavy atom. The third kappa shape index (κ3) is 3.42. The Bertz CT molecular complexity index is 1080. The fraction of sp³-hybridized carbons (Fsp3) is 0.429. The number of allylic oxidation sites excluding steroid dienone is 1. The number of aromatic carboxylic acids is 1. The molecule has 0 spiro atoms. The molecule has 2 fully saturated rings. The van der Waals surface area contributed by atoms with E-state index in [0.717, 1.165) is 25.9 Å². The molecule has 4 rings (SSSR count). The maximum Gasteiger partial charge on any atom is 0.341 e. The second-order valence-corrected chi connectivity index (χ2v) is 8.13. The Morgan fingerprint density at radius 3 is 2.48 bits per heavy atom. The number of aromatic nitrogens is 1. The third-order valence-electron chi connectivity index (χ3n) is 5.72.